The highest BCUT2D eigenvalue weighted by Crippen LogP contribution is 2.62. The number of fused-ring (bicyclic) bond motifs is 1. The third-order valence-electron chi connectivity index (χ3n) is 7.02. The van der Waals surface area contributed by atoms with Crippen molar-refractivity contribution in [3.05, 3.63) is 24.8 Å². The second-order valence-corrected chi connectivity index (χ2v) is 8.50. The minimum atomic E-state index is -0.132. The van der Waals surface area contributed by atoms with E-state index in [1.807, 2.05) is 6.08 Å². The van der Waals surface area contributed by atoms with E-state index in [1.165, 1.54) is 31.3 Å². The third kappa shape index (κ3) is 2.86. The quantitative estimate of drug-likeness (QED) is 0.691. The van der Waals surface area contributed by atoms with E-state index in [0.717, 1.165) is 24.7 Å². The average molecular weight is 290 g/mol. The lowest BCUT2D eigenvalue weighted by Crippen LogP contribution is -2.55. The molecule has 0 spiro atoms. The van der Waals surface area contributed by atoms with Crippen LogP contribution in [-0.2, 0) is 0 Å². The summed E-state index contributed by atoms with van der Waals surface area (Å²) in [6.45, 7) is 17.4. The van der Waals surface area contributed by atoms with Gasteiger partial charge in [-0.25, -0.2) is 0 Å². The summed E-state index contributed by atoms with van der Waals surface area (Å²) in [7, 11) is 0. The first kappa shape index (κ1) is 16.8. The van der Waals surface area contributed by atoms with Crippen LogP contribution in [-0.4, -0.2) is 11.2 Å². The summed E-state index contributed by atoms with van der Waals surface area (Å²) in [5, 5.41) is 10.5. The molecule has 21 heavy (non-hydrogen) atoms. The van der Waals surface area contributed by atoms with Crippen LogP contribution in [0, 0.1) is 28.6 Å². The lowest BCUT2D eigenvalue weighted by molar-refractivity contribution is -0.149. The Bertz CT molecular complexity index is 408. The minimum Gasteiger partial charge on any atom is -0.393 e. The number of aliphatic hydroxyl groups excluding tert-OH is 1. The van der Waals surface area contributed by atoms with Crippen LogP contribution in [0.25, 0.3) is 0 Å². The van der Waals surface area contributed by atoms with Crippen LogP contribution in [0.4, 0.5) is 0 Å². The summed E-state index contributed by atoms with van der Waals surface area (Å²) in [4.78, 5) is 0. The monoisotopic (exact) mass is 290 g/mol. The van der Waals surface area contributed by atoms with E-state index >= 15 is 0 Å². The summed E-state index contributed by atoms with van der Waals surface area (Å²) >= 11 is 0. The molecule has 1 heteroatoms. The number of aliphatic hydroxyl groups is 1. The van der Waals surface area contributed by atoms with E-state index in [-0.39, 0.29) is 11.5 Å². The van der Waals surface area contributed by atoms with Gasteiger partial charge < -0.3 is 5.11 Å². The molecule has 2 saturated carbocycles. The topological polar surface area (TPSA) is 20.2 Å². The normalized spacial score (nSPS) is 42.1. The molecule has 2 aliphatic rings. The SMILES string of the molecule is C=CC(=C)CCC1C(C)CCC2C(C)(C)C(O)CCC12C. The zero-order valence-electron chi connectivity index (χ0n) is 14.5. The second-order valence-electron chi connectivity index (χ2n) is 8.50. The molecular formula is C20H34O. The zero-order chi connectivity index (χ0) is 15.8. The Morgan fingerprint density at radius 3 is 2.52 bits per heavy atom. The highest BCUT2D eigenvalue weighted by Gasteiger charge is 2.56. The van der Waals surface area contributed by atoms with Crippen molar-refractivity contribution in [2.24, 2.45) is 28.6 Å². The first-order valence-corrected chi connectivity index (χ1v) is 8.71. The molecule has 0 aromatic heterocycles. The summed E-state index contributed by atoms with van der Waals surface area (Å²) in [6.07, 6.45) is 8.80. The van der Waals surface area contributed by atoms with Gasteiger partial charge in [0.25, 0.3) is 0 Å². The predicted octanol–water partition coefficient (Wildman–Crippen LogP) is 5.36. The Labute approximate surface area is 131 Å². The van der Waals surface area contributed by atoms with Crippen LogP contribution < -0.4 is 0 Å². The van der Waals surface area contributed by atoms with Gasteiger partial charge >= 0.3 is 0 Å². The van der Waals surface area contributed by atoms with Gasteiger partial charge in [-0.15, -0.1) is 0 Å². The van der Waals surface area contributed by atoms with Gasteiger partial charge in [-0.05, 0) is 60.7 Å². The fourth-order valence-corrected chi connectivity index (χ4v) is 5.56. The van der Waals surface area contributed by atoms with E-state index in [1.54, 1.807) is 0 Å². The molecular weight excluding hydrogens is 256 g/mol. The van der Waals surface area contributed by atoms with Crippen molar-refractivity contribution in [3.63, 3.8) is 0 Å². The molecule has 5 atom stereocenters. The molecule has 1 nitrogen and oxygen atoms in total. The fourth-order valence-electron chi connectivity index (χ4n) is 5.56. The lowest BCUT2D eigenvalue weighted by Gasteiger charge is -2.60. The highest BCUT2D eigenvalue weighted by atomic mass is 16.3. The van der Waals surface area contributed by atoms with Crippen LogP contribution in [0.1, 0.15) is 66.2 Å². The van der Waals surface area contributed by atoms with Crippen LogP contribution in [0.3, 0.4) is 0 Å². The van der Waals surface area contributed by atoms with Gasteiger partial charge in [0.15, 0.2) is 0 Å². The van der Waals surface area contributed by atoms with E-state index in [9.17, 15) is 5.11 Å². The van der Waals surface area contributed by atoms with Gasteiger partial charge in [-0.2, -0.15) is 0 Å². The fraction of sp³-hybridized carbons (Fsp3) is 0.800. The molecule has 0 saturated heterocycles. The first-order valence-electron chi connectivity index (χ1n) is 8.71. The maximum atomic E-state index is 10.5. The lowest BCUT2D eigenvalue weighted by atomic mass is 9.45. The van der Waals surface area contributed by atoms with Crippen molar-refractivity contribution in [1.29, 1.82) is 0 Å². The molecule has 5 unspecified atom stereocenters. The van der Waals surface area contributed by atoms with Crippen molar-refractivity contribution in [3.8, 4) is 0 Å². The Kier molecular flexibility index (Phi) is 4.73. The van der Waals surface area contributed by atoms with E-state index in [0.29, 0.717) is 11.3 Å². The second kappa shape index (κ2) is 5.91. The number of hydrogen-bond donors (Lipinski definition) is 1. The molecule has 0 heterocycles. The molecule has 1 N–H and O–H groups in total. The standard InChI is InChI=1S/C20H34O/c1-7-14(2)8-10-16-15(3)9-11-17-19(4,5)18(21)12-13-20(16,17)6/h7,15-18,21H,1-2,8-13H2,3-6H3. The van der Waals surface area contributed by atoms with Crippen LogP contribution in [0.2, 0.25) is 0 Å². The first-order chi connectivity index (χ1) is 9.73. The highest BCUT2D eigenvalue weighted by molar-refractivity contribution is 5.12. The smallest absolute Gasteiger partial charge is 0.0594 e. The van der Waals surface area contributed by atoms with Crippen LogP contribution >= 0.6 is 0 Å². The molecule has 0 aliphatic heterocycles. The van der Waals surface area contributed by atoms with Gasteiger partial charge in [0.05, 0.1) is 6.10 Å². The molecule has 0 amide bonds. The summed E-state index contributed by atoms with van der Waals surface area (Å²) in [5.74, 6) is 2.18. The van der Waals surface area contributed by atoms with Gasteiger partial charge in [0.2, 0.25) is 0 Å². The molecule has 2 aliphatic carbocycles. The Morgan fingerprint density at radius 1 is 1.24 bits per heavy atom. The van der Waals surface area contributed by atoms with Gasteiger partial charge in [0.1, 0.15) is 0 Å². The van der Waals surface area contributed by atoms with Crippen LogP contribution in [0.5, 0.6) is 0 Å². The van der Waals surface area contributed by atoms with Crippen molar-refractivity contribution < 1.29 is 5.11 Å². The minimum absolute atomic E-state index is 0.0564. The maximum absolute atomic E-state index is 10.5. The molecule has 0 radical (unpaired) electrons. The van der Waals surface area contributed by atoms with E-state index in [2.05, 4.69) is 40.9 Å². The zero-order valence-corrected chi connectivity index (χ0v) is 14.5. The van der Waals surface area contributed by atoms with Crippen molar-refractivity contribution >= 4 is 0 Å². The van der Waals surface area contributed by atoms with Gasteiger partial charge in [-0.1, -0.05) is 58.9 Å². The number of rotatable bonds is 4. The van der Waals surface area contributed by atoms with Gasteiger partial charge in [-0.3, -0.25) is 0 Å². The Balaban J connectivity index is 2.23. The van der Waals surface area contributed by atoms with E-state index in [4.69, 9.17) is 0 Å². The summed E-state index contributed by atoms with van der Waals surface area (Å²) in [5.41, 5.74) is 1.60. The van der Waals surface area contributed by atoms with Crippen molar-refractivity contribution in [1.82, 2.24) is 0 Å². The van der Waals surface area contributed by atoms with Gasteiger partial charge in [0, 0.05) is 0 Å². The summed E-state index contributed by atoms with van der Waals surface area (Å²) < 4.78 is 0. The molecule has 0 aromatic carbocycles. The Morgan fingerprint density at radius 2 is 1.90 bits per heavy atom. The van der Waals surface area contributed by atoms with E-state index < -0.39 is 0 Å². The number of allylic oxidation sites excluding steroid dienone is 2. The van der Waals surface area contributed by atoms with Crippen LogP contribution in [0.15, 0.2) is 24.8 Å². The molecule has 0 aromatic rings. The van der Waals surface area contributed by atoms with Crippen molar-refractivity contribution in [2.75, 3.05) is 0 Å². The maximum Gasteiger partial charge on any atom is 0.0594 e. The van der Waals surface area contributed by atoms with Crippen molar-refractivity contribution in [2.45, 2.75) is 72.3 Å². The Hall–Kier alpha value is -0.560. The summed E-state index contributed by atoms with van der Waals surface area (Å²) in [6, 6.07) is 0. The number of hydrogen-bond acceptors (Lipinski definition) is 1. The predicted molar refractivity (Wildman–Crippen MR) is 91.1 cm³/mol. The molecule has 2 fully saturated rings. The molecule has 2 rings (SSSR count). The average Bonchev–Trinajstić information content (AvgIpc) is 2.42. The molecule has 120 valence electrons. The molecule has 0 bridgehead atoms. The largest absolute Gasteiger partial charge is 0.393 e. The third-order valence-corrected chi connectivity index (χ3v) is 7.02.